The number of nitrogens with zero attached hydrogens (tertiary/aromatic N) is 1. The molecule has 1 fully saturated rings. The Labute approximate surface area is 113 Å². The van der Waals surface area contributed by atoms with Crippen LogP contribution in [0.1, 0.15) is 24.9 Å². The lowest BCUT2D eigenvalue weighted by Crippen LogP contribution is -2.56. The number of hydrogen-bond donors (Lipinski definition) is 1. The van der Waals surface area contributed by atoms with Crippen LogP contribution < -0.4 is 5.32 Å². The van der Waals surface area contributed by atoms with Crippen molar-refractivity contribution in [3.8, 4) is 0 Å². The van der Waals surface area contributed by atoms with Crippen molar-refractivity contribution in [3.05, 3.63) is 48.6 Å². The summed E-state index contributed by atoms with van der Waals surface area (Å²) in [5.74, 6) is -0.176. The van der Waals surface area contributed by atoms with E-state index >= 15 is 0 Å². The zero-order valence-corrected chi connectivity index (χ0v) is 11.0. The second kappa shape index (κ2) is 5.69. The van der Waals surface area contributed by atoms with Gasteiger partial charge in [-0.05, 0) is 18.9 Å². The topological polar surface area (TPSA) is 49.4 Å². The monoisotopic (exact) mass is 258 g/mol. The van der Waals surface area contributed by atoms with Crippen molar-refractivity contribution in [1.82, 2.24) is 10.2 Å². The average Bonchev–Trinajstić information content (AvgIpc) is 2.42. The van der Waals surface area contributed by atoms with Crippen molar-refractivity contribution < 1.29 is 9.59 Å². The molecule has 2 amide bonds. The summed E-state index contributed by atoms with van der Waals surface area (Å²) in [5, 5.41) is 2.75. The van der Waals surface area contributed by atoms with Crippen LogP contribution >= 0.6 is 0 Å². The van der Waals surface area contributed by atoms with Crippen molar-refractivity contribution in [3.63, 3.8) is 0 Å². The summed E-state index contributed by atoms with van der Waals surface area (Å²) in [6.07, 6.45) is 2.45. The maximum atomic E-state index is 12.5. The van der Waals surface area contributed by atoms with Crippen LogP contribution in [0.4, 0.5) is 0 Å². The number of piperazine rings is 1. The maximum Gasteiger partial charge on any atom is 0.250 e. The summed E-state index contributed by atoms with van der Waals surface area (Å²) in [6.45, 7) is 5.73. The average molecular weight is 258 g/mol. The van der Waals surface area contributed by atoms with Crippen LogP contribution in [0, 0.1) is 0 Å². The molecule has 0 bridgehead atoms. The van der Waals surface area contributed by atoms with Crippen LogP contribution in [0.15, 0.2) is 43.0 Å². The molecule has 100 valence electrons. The van der Waals surface area contributed by atoms with E-state index in [1.54, 1.807) is 11.0 Å². The molecule has 0 spiro atoms. The highest BCUT2D eigenvalue weighted by atomic mass is 16.2. The van der Waals surface area contributed by atoms with E-state index in [0.29, 0.717) is 6.42 Å². The third kappa shape index (κ3) is 2.84. The van der Waals surface area contributed by atoms with Gasteiger partial charge in [-0.2, -0.15) is 0 Å². The van der Waals surface area contributed by atoms with Gasteiger partial charge in [-0.3, -0.25) is 9.59 Å². The fourth-order valence-corrected chi connectivity index (χ4v) is 2.28. The SMILES string of the molecule is C=CCC(C)N1CC(=O)NC(c2ccccc2)C1=O. The molecule has 4 nitrogen and oxygen atoms in total. The summed E-state index contributed by atoms with van der Waals surface area (Å²) in [6, 6.07) is 8.73. The van der Waals surface area contributed by atoms with Crippen LogP contribution in [-0.4, -0.2) is 29.3 Å². The van der Waals surface area contributed by atoms with Crippen LogP contribution in [0.3, 0.4) is 0 Å². The second-order valence-corrected chi connectivity index (χ2v) is 4.75. The van der Waals surface area contributed by atoms with Gasteiger partial charge in [0.1, 0.15) is 6.04 Å². The predicted molar refractivity (Wildman–Crippen MR) is 73.3 cm³/mol. The maximum absolute atomic E-state index is 12.5. The number of carbonyl (C=O) groups excluding carboxylic acids is 2. The Bertz CT molecular complexity index is 484. The Kier molecular flexibility index (Phi) is 4.00. The lowest BCUT2D eigenvalue weighted by Gasteiger charge is -2.36. The number of carbonyl (C=O) groups is 2. The molecule has 1 aromatic carbocycles. The highest BCUT2D eigenvalue weighted by molar-refractivity contribution is 5.95. The van der Waals surface area contributed by atoms with Crippen molar-refractivity contribution >= 4 is 11.8 Å². The van der Waals surface area contributed by atoms with Crippen molar-refractivity contribution in [2.24, 2.45) is 0 Å². The number of nitrogens with one attached hydrogen (secondary N) is 1. The van der Waals surface area contributed by atoms with Gasteiger partial charge in [-0.15, -0.1) is 6.58 Å². The van der Waals surface area contributed by atoms with Gasteiger partial charge in [0, 0.05) is 6.04 Å². The third-order valence-corrected chi connectivity index (χ3v) is 3.32. The number of rotatable bonds is 4. The molecule has 1 saturated heterocycles. The van der Waals surface area contributed by atoms with Gasteiger partial charge < -0.3 is 10.2 Å². The molecule has 2 rings (SSSR count). The zero-order valence-electron chi connectivity index (χ0n) is 11.0. The van der Waals surface area contributed by atoms with Gasteiger partial charge in [-0.1, -0.05) is 36.4 Å². The van der Waals surface area contributed by atoms with E-state index in [-0.39, 0.29) is 24.4 Å². The Morgan fingerprint density at radius 2 is 2.11 bits per heavy atom. The van der Waals surface area contributed by atoms with Gasteiger partial charge in [-0.25, -0.2) is 0 Å². The summed E-state index contributed by atoms with van der Waals surface area (Å²) in [7, 11) is 0. The Hall–Kier alpha value is -2.10. The zero-order chi connectivity index (χ0) is 13.8. The molecule has 1 aliphatic heterocycles. The molecule has 4 heteroatoms. The Balaban J connectivity index is 2.23. The standard InChI is InChI=1S/C15H18N2O2/c1-3-7-11(2)17-10-13(18)16-14(15(17)19)12-8-5-4-6-9-12/h3-6,8-9,11,14H,1,7,10H2,2H3,(H,16,18). The fraction of sp³-hybridized carbons (Fsp3) is 0.333. The highest BCUT2D eigenvalue weighted by Crippen LogP contribution is 2.21. The Morgan fingerprint density at radius 3 is 2.74 bits per heavy atom. The molecule has 0 radical (unpaired) electrons. The molecule has 1 aliphatic rings. The van der Waals surface area contributed by atoms with E-state index in [4.69, 9.17) is 0 Å². The van der Waals surface area contributed by atoms with Crippen LogP contribution in [0.2, 0.25) is 0 Å². The van der Waals surface area contributed by atoms with Gasteiger partial charge in [0.25, 0.3) is 5.91 Å². The third-order valence-electron chi connectivity index (χ3n) is 3.32. The van der Waals surface area contributed by atoms with E-state index in [2.05, 4.69) is 11.9 Å². The molecular formula is C15H18N2O2. The molecule has 2 unspecified atom stereocenters. The first-order valence-electron chi connectivity index (χ1n) is 6.39. The van der Waals surface area contributed by atoms with Gasteiger partial charge in [0.05, 0.1) is 6.54 Å². The van der Waals surface area contributed by atoms with Crippen LogP contribution in [-0.2, 0) is 9.59 Å². The minimum Gasteiger partial charge on any atom is -0.339 e. The number of amides is 2. The first-order valence-corrected chi connectivity index (χ1v) is 6.39. The van der Waals surface area contributed by atoms with Crippen molar-refractivity contribution in [1.29, 1.82) is 0 Å². The fourth-order valence-electron chi connectivity index (χ4n) is 2.28. The molecule has 0 aliphatic carbocycles. The van der Waals surface area contributed by atoms with Gasteiger partial charge in [0.2, 0.25) is 5.91 Å². The van der Waals surface area contributed by atoms with E-state index in [1.807, 2.05) is 37.3 Å². The second-order valence-electron chi connectivity index (χ2n) is 4.75. The minimum atomic E-state index is -0.574. The summed E-state index contributed by atoms with van der Waals surface area (Å²) >= 11 is 0. The van der Waals surface area contributed by atoms with Crippen LogP contribution in [0.25, 0.3) is 0 Å². The Morgan fingerprint density at radius 1 is 1.42 bits per heavy atom. The smallest absolute Gasteiger partial charge is 0.250 e. The largest absolute Gasteiger partial charge is 0.339 e. The quantitative estimate of drug-likeness (QED) is 0.835. The van der Waals surface area contributed by atoms with Crippen molar-refractivity contribution in [2.45, 2.75) is 25.4 Å². The summed E-state index contributed by atoms with van der Waals surface area (Å²) in [4.78, 5) is 25.9. The molecule has 2 atom stereocenters. The molecular weight excluding hydrogens is 240 g/mol. The summed E-state index contributed by atoms with van der Waals surface area (Å²) in [5.41, 5.74) is 0.816. The lowest BCUT2D eigenvalue weighted by atomic mass is 10.0. The molecule has 0 saturated carbocycles. The van der Waals surface area contributed by atoms with E-state index < -0.39 is 6.04 Å². The molecule has 0 aromatic heterocycles. The molecule has 1 heterocycles. The predicted octanol–water partition coefficient (Wildman–Crippen LogP) is 1.65. The summed E-state index contributed by atoms with van der Waals surface area (Å²) < 4.78 is 0. The van der Waals surface area contributed by atoms with E-state index in [9.17, 15) is 9.59 Å². The van der Waals surface area contributed by atoms with E-state index in [0.717, 1.165) is 5.56 Å². The first-order chi connectivity index (χ1) is 9.13. The lowest BCUT2D eigenvalue weighted by molar-refractivity contribution is -0.146. The minimum absolute atomic E-state index is 0.0118. The van der Waals surface area contributed by atoms with Gasteiger partial charge in [0.15, 0.2) is 0 Å². The normalized spacial score (nSPS) is 20.9. The van der Waals surface area contributed by atoms with Crippen LogP contribution in [0.5, 0.6) is 0 Å². The first kappa shape index (κ1) is 13.3. The number of benzene rings is 1. The molecule has 1 aromatic rings. The molecule has 19 heavy (non-hydrogen) atoms. The van der Waals surface area contributed by atoms with Crippen molar-refractivity contribution in [2.75, 3.05) is 6.54 Å². The van der Waals surface area contributed by atoms with E-state index in [1.165, 1.54) is 0 Å². The van der Waals surface area contributed by atoms with Gasteiger partial charge >= 0.3 is 0 Å². The number of hydrogen-bond acceptors (Lipinski definition) is 2. The molecule has 1 N–H and O–H groups in total. The highest BCUT2D eigenvalue weighted by Gasteiger charge is 2.35.